The molecule has 2 saturated carbocycles. The second-order valence-electron chi connectivity index (χ2n) is 8.00. The smallest absolute Gasteiger partial charge is 0.0588 e. The number of alkyl halides is 1. The van der Waals surface area contributed by atoms with Gasteiger partial charge in [-0.1, -0.05) is 51.5 Å². The third-order valence-electron chi connectivity index (χ3n) is 6.33. The highest BCUT2D eigenvalue weighted by atomic mass is 35.5. The molecule has 0 saturated heterocycles. The highest BCUT2D eigenvalue weighted by molar-refractivity contribution is 6.20. The Labute approximate surface area is 135 Å². The van der Waals surface area contributed by atoms with Crippen LogP contribution in [0.1, 0.15) is 75.8 Å². The summed E-state index contributed by atoms with van der Waals surface area (Å²) in [5.74, 6) is 2.89. The summed E-state index contributed by atoms with van der Waals surface area (Å²) in [5.41, 5.74) is 3.01. The molecule has 0 aliphatic heterocycles. The molecule has 0 amide bonds. The van der Waals surface area contributed by atoms with Crippen LogP contribution in [0.5, 0.6) is 0 Å². The Morgan fingerprint density at radius 1 is 1.14 bits per heavy atom. The maximum Gasteiger partial charge on any atom is 0.0588 e. The molecular formula is C20H29Cl. The summed E-state index contributed by atoms with van der Waals surface area (Å²) < 4.78 is 0. The van der Waals surface area contributed by atoms with Crippen molar-refractivity contribution < 1.29 is 0 Å². The summed E-state index contributed by atoms with van der Waals surface area (Å²) in [6, 6.07) is 9.10. The second kappa shape index (κ2) is 5.95. The number of hydrogen-bond donors (Lipinski definition) is 0. The van der Waals surface area contributed by atoms with Crippen LogP contribution in [-0.2, 0) is 5.41 Å². The number of fused-ring (bicyclic) bond motifs is 2. The Morgan fingerprint density at radius 3 is 2.38 bits per heavy atom. The van der Waals surface area contributed by atoms with E-state index in [1.807, 2.05) is 0 Å². The number of rotatable bonds is 5. The summed E-state index contributed by atoms with van der Waals surface area (Å²) in [6.45, 7) is 6.89. The van der Waals surface area contributed by atoms with Gasteiger partial charge in [0, 0.05) is 0 Å². The zero-order valence-electron chi connectivity index (χ0n) is 13.7. The molecule has 0 nitrogen and oxygen atoms in total. The molecule has 1 aromatic rings. The quantitative estimate of drug-likeness (QED) is 0.546. The van der Waals surface area contributed by atoms with E-state index >= 15 is 0 Å². The number of halogens is 1. The van der Waals surface area contributed by atoms with E-state index in [9.17, 15) is 0 Å². The summed E-state index contributed by atoms with van der Waals surface area (Å²) in [6.07, 6.45) is 8.21. The largest absolute Gasteiger partial charge is 0.118 e. The fraction of sp³-hybridized carbons (Fsp3) is 0.700. The fourth-order valence-corrected chi connectivity index (χ4v) is 4.79. The van der Waals surface area contributed by atoms with E-state index in [0.29, 0.717) is 0 Å². The van der Waals surface area contributed by atoms with Gasteiger partial charge in [0.1, 0.15) is 0 Å². The van der Waals surface area contributed by atoms with Crippen LogP contribution in [0.3, 0.4) is 0 Å². The van der Waals surface area contributed by atoms with Crippen molar-refractivity contribution in [3.8, 4) is 0 Å². The van der Waals surface area contributed by atoms with Gasteiger partial charge in [0.15, 0.2) is 0 Å². The molecule has 2 fully saturated rings. The Kier molecular flexibility index (Phi) is 4.37. The molecule has 0 aromatic heterocycles. The van der Waals surface area contributed by atoms with Crippen LogP contribution in [-0.4, -0.2) is 0 Å². The molecule has 0 heterocycles. The molecule has 4 atom stereocenters. The Hall–Kier alpha value is -0.490. The van der Waals surface area contributed by atoms with E-state index in [4.69, 9.17) is 11.6 Å². The maximum absolute atomic E-state index is 6.72. The van der Waals surface area contributed by atoms with Crippen molar-refractivity contribution in [1.82, 2.24) is 0 Å². The average molecular weight is 305 g/mol. The topological polar surface area (TPSA) is 0 Å². The molecule has 2 aliphatic carbocycles. The van der Waals surface area contributed by atoms with Gasteiger partial charge in [0.05, 0.1) is 5.38 Å². The SMILES string of the molecule is CCC(C)(C)c1ccc(C(Cl)CC2CC3CCC2C3)cc1. The van der Waals surface area contributed by atoms with Gasteiger partial charge in [-0.25, -0.2) is 0 Å². The minimum Gasteiger partial charge on any atom is -0.118 e. The van der Waals surface area contributed by atoms with Crippen molar-refractivity contribution in [3.63, 3.8) is 0 Å². The van der Waals surface area contributed by atoms with Crippen molar-refractivity contribution in [2.45, 2.75) is 70.1 Å². The van der Waals surface area contributed by atoms with Gasteiger partial charge in [-0.2, -0.15) is 0 Å². The molecule has 4 unspecified atom stereocenters. The van der Waals surface area contributed by atoms with E-state index in [1.54, 1.807) is 0 Å². The lowest BCUT2D eigenvalue weighted by molar-refractivity contribution is 0.312. The van der Waals surface area contributed by atoms with Crippen molar-refractivity contribution in [2.24, 2.45) is 17.8 Å². The minimum absolute atomic E-state index is 0.202. The van der Waals surface area contributed by atoms with Gasteiger partial charge in [0.25, 0.3) is 0 Å². The van der Waals surface area contributed by atoms with Crippen LogP contribution in [0.4, 0.5) is 0 Å². The van der Waals surface area contributed by atoms with Crippen LogP contribution >= 0.6 is 11.6 Å². The van der Waals surface area contributed by atoms with Gasteiger partial charge in [-0.3, -0.25) is 0 Å². The standard InChI is InChI=1S/C20H29Cl/c1-4-20(2,3)18-9-7-15(8-10-18)19(21)13-17-12-14-5-6-16(17)11-14/h7-10,14,16-17,19H,4-6,11-13H2,1-3H3. The maximum atomic E-state index is 6.72. The predicted octanol–water partition coefficient (Wildman–Crippen LogP) is 6.48. The Balaban J connectivity index is 1.64. The lowest BCUT2D eigenvalue weighted by Crippen LogP contribution is -2.15. The van der Waals surface area contributed by atoms with E-state index in [1.165, 1.54) is 49.7 Å². The molecule has 2 bridgehead atoms. The van der Waals surface area contributed by atoms with Gasteiger partial charge in [-0.15, -0.1) is 11.6 Å². The molecule has 1 aromatic carbocycles. The molecule has 3 rings (SSSR count). The molecule has 1 heteroatoms. The first kappa shape index (κ1) is 15.4. The van der Waals surface area contributed by atoms with Crippen LogP contribution in [0, 0.1) is 17.8 Å². The molecule has 0 spiro atoms. The monoisotopic (exact) mass is 304 g/mol. The highest BCUT2D eigenvalue weighted by Gasteiger charge is 2.40. The number of benzene rings is 1. The third kappa shape index (κ3) is 3.16. The lowest BCUT2D eigenvalue weighted by atomic mass is 9.81. The molecule has 2 aliphatic rings. The van der Waals surface area contributed by atoms with E-state index in [0.717, 1.165) is 17.8 Å². The van der Waals surface area contributed by atoms with E-state index < -0.39 is 0 Å². The molecule has 21 heavy (non-hydrogen) atoms. The number of hydrogen-bond acceptors (Lipinski definition) is 0. The molecule has 0 radical (unpaired) electrons. The van der Waals surface area contributed by atoms with Crippen LogP contribution in [0.15, 0.2) is 24.3 Å². The highest BCUT2D eigenvalue weighted by Crippen LogP contribution is 2.51. The minimum atomic E-state index is 0.202. The van der Waals surface area contributed by atoms with Crippen LogP contribution in [0.25, 0.3) is 0 Å². The van der Waals surface area contributed by atoms with Gasteiger partial charge in [0.2, 0.25) is 0 Å². The van der Waals surface area contributed by atoms with Crippen molar-refractivity contribution in [1.29, 1.82) is 0 Å². The van der Waals surface area contributed by atoms with Crippen molar-refractivity contribution in [2.75, 3.05) is 0 Å². The summed E-state index contributed by atoms with van der Waals surface area (Å²) in [7, 11) is 0. The zero-order chi connectivity index (χ0) is 15.0. The lowest BCUT2D eigenvalue weighted by Gasteiger charge is -2.25. The molecule has 116 valence electrons. The van der Waals surface area contributed by atoms with Gasteiger partial charge < -0.3 is 0 Å². The summed E-state index contributed by atoms with van der Waals surface area (Å²) >= 11 is 6.72. The van der Waals surface area contributed by atoms with E-state index in [2.05, 4.69) is 45.0 Å². The summed E-state index contributed by atoms with van der Waals surface area (Å²) in [4.78, 5) is 0. The molecule has 0 N–H and O–H groups in total. The average Bonchev–Trinajstić information content (AvgIpc) is 3.10. The second-order valence-corrected chi connectivity index (χ2v) is 8.52. The predicted molar refractivity (Wildman–Crippen MR) is 91.9 cm³/mol. The third-order valence-corrected chi connectivity index (χ3v) is 6.76. The fourth-order valence-electron chi connectivity index (χ4n) is 4.41. The first-order valence-corrected chi connectivity index (χ1v) is 9.17. The van der Waals surface area contributed by atoms with E-state index in [-0.39, 0.29) is 10.8 Å². The van der Waals surface area contributed by atoms with Crippen LogP contribution in [0.2, 0.25) is 0 Å². The van der Waals surface area contributed by atoms with Crippen molar-refractivity contribution in [3.05, 3.63) is 35.4 Å². The first-order valence-electron chi connectivity index (χ1n) is 8.74. The Morgan fingerprint density at radius 2 is 1.86 bits per heavy atom. The van der Waals surface area contributed by atoms with Gasteiger partial charge in [-0.05, 0) is 66.4 Å². The Bertz CT molecular complexity index is 473. The van der Waals surface area contributed by atoms with Crippen LogP contribution < -0.4 is 0 Å². The summed E-state index contributed by atoms with van der Waals surface area (Å²) in [5, 5.41) is 0.202. The first-order chi connectivity index (χ1) is 9.99. The normalized spacial score (nSPS) is 29.8. The van der Waals surface area contributed by atoms with Crippen molar-refractivity contribution >= 4 is 11.6 Å². The molecular weight excluding hydrogens is 276 g/mol. The zero-order valence-corrected chi connectivity index (χ0v) is 14.5. The van der Waals surface area contributed by atoms with Gasteiger partial charge >= 0.3 is 0 Å².